The Balaban J connectivity index is 1.74. The van der Waals surface area contributed by atoms with Gasteiger partial charge in [-0.3, -0.25) is 0 Å². The highest BCUT2D eigenvalue weighted by Gasteiger charge is 2.07. The maximum Gasteiger partial charge on any atom is 0.231 e. The van der Waals surface area contributed by atoms with E-state index in [1.54, 1.807) is 12.1 Å². The number of hydrogen-bond acceptors (Lipinski definition) is 6. The quantitative estimate of drug-likeness (QED) is 0.476. The summed E-state index contributed by atoms with van der Waals surface area (Å²) in [5.74, 6) is 0. The van der Waals surface area contributed by atoms with E-state index in [4.69, 9.17) is 28.5 Å². The SMILES string of the molecule is CN(CCC#N)c1ccc(N=Nc2nc3cc(Cl)c(Cl)cc3s2)cc1. The van der Waals surface area contributed by atoms with Crippen LogP contribution in [0.2, 0.25) is 10.0 Å². The molecule has 0 N–H and O–H groups in total. The first-order valence-corrected chi connectivity index (χ1v) is 8.99. The number of rotatable bonds is 5. The Morgan fingerprint density at radius 1 is 1.16 bits per heavy atom. The molecule has 1 heterocycles. The molecule has 0 unspecified atom stereocenters. The molecule has 0 saturated heterocycles. The van der Waals surface area contributed by atoms with Gasteiger partial charge >= 0.3 is 0 Å². The molecule has 0 aliphatic rings. The van der Waals surface area contributed by atoms with E-state index in [1.165, 1.54) is 11.3 Å². The van der Waals surface area contributed by atoms with E-state index in [-0.39, 0.29) is 0 Å². The summed E-state index contributed by atoms with van der Waals surface area (Å²) >= 11 is 13.4. The van der Waals surface area contributed by atoms with Crippen molar-refractivity contribution in [2.24, 2.45) is 10.2 Å². The van der Waals surface area contributed by atoms with Crippen molar-refractivity contribution in [3.63, 3.8) is 0 Å². The zero-order chi connectivity index (χ0) is 17.8. The fourth-order valence-electron chi connectivity index (χ4n) is 2.18. The number of aromatic nitrogens is 1. The molecule has 0 atom stereocenters. The zero-order valence-electron chi connectivity index (χ0n) is 13.3. The number of halogens is 2. The highest BCUT2D eigenvalue weighted by molar-refractivity contribution is 7.22. The van der Waals surface area contributed by atoms with Gasteiger partial charge in [0.05, 0.1) is 38.4 Å². The smallest absolute Gasteiger partial charge is 0.231 e. The first-order valence-electron chi connectivity index (χ1n) is 7.42. The summed E-state index contributed by atoms with van der Waals surface area (Å²) in [6.07, 6.45) is 0.490. The Morgan fingerprint density at radius 2 is 1.88 bits per heavy atom. The molecule has 0 fully saturated rings. The summed E-state index contributed by atoms with van der Waals surface area (Å²) in [6, 6.07) is 13.3. The van der Waals surface area contributed by atoms with Crippen LogP contribution in [0.5, 0.6) is 0 Å². The third-order valence-electron chi connectivity index (χ3n) is 3.52. The first kappa shape index (κ1) is 17.6. The molecule has 3 aromatic rings. The largest absolute Gasteiger partial charge is 0.374 e. The number of fused-ring (bicyclic) bond motifs is 1. The van der Waals surface area contributed by atoms with Gasteiger partial charge in [0.1, 0.15) is 0 Å². The normalized spacial score (nSPS) is 11.1. The van der Waals surface area contributed by atoms with E-state index in [2.05, 4.69) is 21.3 Å². The lowest BCUT2D eigenvalue weighted by atomic mass is 10.2. The third-order valence-corrected chi connectivity index (χ3v) is 5.14. The van der Waals surface area contributed by atoms with Crippen molar-refractivity contribution < 1.29 is 0 Å². The van der Waals surface area contributed by atoms with Crippen molar-refractivity contribution in [2.45, 2.75) is 6.42 Å². The summed E-state index contributed by atoms with van der Waals surface area (Å²) < 4.78 is 0.915. The minimum absolute atomic E-state index is 0.471. The topological polar surface area (TPSA) is 64.6 Å². The standard InChI is InChI=1S/C17H13Cl2N5S/c1-24(8-2-7-20)12-5-3-11(4-6-12)22-23-17-21-15-9-13(18)14(19)10-16(15)25-17/h3-6,9-10H,2,8H2,1H3. The molecular formula is C17H13Cl2N5S. The first-order chi connectivity index (χ1) is 12.1. The van der Waals surface area contributed by atoms with E-state index >= 15 is 0 Å². The van der Waals surface area contributed by atoms with Crippen LogP contribution in [0, 0.1) is 11.3 Å². The van der Waals surface area contributed by atoms with Gasteiger partial charge in [0.25, 0.3) is 0 Å². The van der Waals surface area contributed by atoms with Crippen LogP contribution in [0.25, 0.3) is 10.2 Å². The number of azo groups is 1. The minimum atomic E-state index is 0.471. The molecule has 0 amide bonds. The minimum Gasteiger partial charge on any atom is -0.374 e. The Bertz CT molecular complexity index is 921. The number of hydrogen-bond donors (Lipinski definition) is 0. The Hall–Kier alpha value is -2.20. The summed E-state index contributed by atoms with van der Waals surface area (Å²) in [4.78, 5) is 6.40. The zero-order valence-corrected chi connectivity index (χ0v) is 15.6. The van der Waals surface area contributed by atoms with Crippen LogP contribution in [0.1, 0.15) is 6.42 Å². The lowest BCUT2D eigenvalue weighted by Crippen LogP contribution is -2.17. The van der Waals surface area contributed by atoms with Gasteiger partial charge in [-0.15, -0.1) is 10.2 Å². The second kappa shape index (κ2) is 7.79. The van der Waals surface area contributed by atoms with E-state index in [9.17, 15) is 0 Å². The average Bonchev–Trinajstić information content (AvgIpc) is 3.00. The van der Waals surface area contributed by atoms with Gasteiger partial charge in [-0.05, 0) is 36.4 Å². The number of nitriles is 1. The average molecular weight is 390 g/mol. The summed E-state index contributed by atoms with van der Waals surface area (Å²) in [7, 11) is 1.95. The Morgan fingerprint density at radius 3 is 2.60 bits per heavy atom. The maximum absolute atomic E-state index is 8.64. The predicted molar refractivity (Wildman–Crippen MR) is 104 cm³/mol. The van der Waals surface area contributed by atoms with E-state index in [0.717, 1.165) is 21.6 Å². The molecule has 0 radical (unpaired) electrons. The fraction of sp³-hybridized carbons (Fsp3) is 0.176. The summed E-state index contributed by atoms with van der Waals surface area (Å²) in [6.45, 7) is 0.689. The lowest BCUT2D eigenvalue weighted by Gasteiger charge is -2.17. The van der Waals surface area contributed by atoms with Crippen LogP contribution in [0.3, 0.4) is 0 Å². The lowest BCUT2D eigenvalue weighted by molar-refractivity contribution is 0.905. The van der Waals surface area contributed by atoms with Crippen LogP contribution in [-0.2, 0) is 0 Å². The maximum atomic E-state index is 8.64. The van der Waals surface area contributed by atoms with Gasteiger partial charge in [0.15, 0.2) is 0 Å². The monoisotopic (exact) mass is 389 g/mol. The molecular weight excluding hydrogens is 377 g/mol. The van der Waals surface area contributed by atoms with Crippen molar-refractivity contribution in [1.29, 1.82) is 5.26 Å². The van der Waals surface area contributed by atoms with Crippen LogP contribution in [0.4, 0.5) is 16.5 Å². The predicted octanol–water partition coefficient (Wildman–Crippen LogP) is 6.37. The third kappa shape index (κ3) is 4.26. The molecule has 3 rings (SSSR count). The van der Waals surface area contributed by atoms with Crippen molar-refractivity contribution >= 4 is 61.3 Å². The van der Waals surface area contributed by atoms with Gasteiger partial charge in [-0.2, -0.15) is 5.26 Å². The Labute approximate surface area is 159 Å². The molecule has 0 spiro atoms. The molecule has 0 saturated carbocycles. The van der Waals surface area contributed by atoms with Crippen molar-refractivity contribution in [2.75, 3.05) is 18.5 Å². The van der Waals surface area contributed by atoms with Gasteiger partial charge in [0, 0.05) is 19.3 Å². The summed E-state index contributed by atoms with van der Waals surface area (Å²) in [5.41, 5.74) is 2.51. The summed E-state index contributed by atoms with van der Waals surface area (Å²) in [5, 5.41) is 18.6. The Kier molecular flexibility index (Phi) is 5.49. The van der Waals surface area contributed by atoms with Gasteiger partial charge < -0.3 is 4.90 Å². The molecule has 0 aliphatic carbocycles. The molecule has 1 aromatic heterocycles. The van der Waals surface area contributed by atoms with Crippen LogP contribution in [-0.4, -0.2) is 18.6 Å². The number of anilines is 1. The van der Waals surface area contributed by atoms with Gasteiger partial charge in [-0.1, -0.05) is 34.5 Å². The fourth-order valence-corrected chi connectivity index (χ4v) is 3.37. The highest BCUT2D eigenvalue weighted by atomic mass is 35.5. The van der Waals surface area contributed by atoms with Crippen LogP contribution in [0.15, 0.2) is 46.6 Å². The van der Waals surface area contributed by atoms with Crippen molar-refractivity contribution in [3.8, 4) is 6.07 Å². The van der Waals surface area contributed by atoms with Gasteiger partial charge in [-0.25, -0.2) is 4.98 Å². The van der Waals surface area contributed by atoms with E-state index in [1.807, 2.05) is 36.2 Å². The van der Waals surface area contributed by atoms with Crippen LogP contribution < -0.4 is 4.90 Å². The second-order valence-corrected chi connectivity index (χ2v) is 7.10. The number of benzene rings is 2. The molecule has 126 valence electrons. The van der Waals surface area contributed by atoms with Crippen molar-refractivity contribution in [1.82, 2.24) is 4.98 Å². The number of nitrogens with zero attached hydrogens (tertiary/aromatic N) is 5. The van der Waals surface area contributed by atoms with E-state index < -0.39 is 0 Å². The van der Waals surface area contributed by atoms with E-state index in [0.29, 0.717) is 28.1 Å². The molecule has 0 aliphatic heterocycles. The van der Waals surface area contributed by atoms with Crippen LogP contribution >= 0.6 is 34.5 Å². The molecule has 8 heteroatoms. The van der Waals surface area contributed by atoms with Crippen molar-refractivity contribution in [3.05, 3.63) is 46.4 Å². The highest BCUT2D eigenvalue weighted by Crippen LogP contribution is 2.34. The molecule has 25 heavy (non-hydrogen) atoms. The second-order valence-electron chi connectivity index (χ2n) is 5.28. The molecule has 0 bridgehead atoms. The number of thiazole rings is 1. The molecule has 5 nitrogen and oxygen atoms in total. The van der Waals surface area contributed by atoms with Gasteiger partial charge in [0.2, 0.25) is 5.13 Å². The molecule has 2 aromatic carbocycles.